The molecule has 3 aromatic carbocycles. The monoisotopic (exact) mass is 378 g/mol. The second-order valence-corrected chi connectivity index (χ2v) is 6.47. The largest absolute Gasteiger partial charge is 0.493 e. The summed E-state index contributed by atoms with van der Waals surface area (Å²) < 4.78 is 16.7. The van der Waals surface area contributed by atoms with Gasteiger partial charge in [0, 0.05) is 10.9 Å². The van der Waals surface area contributed by atoms with Gasteiger partial charge in [0.2, 0.25) is 0 Å². The van der Waals surface area contributed by atoms with E-state index in [9.17, 15) is 14.7 Å². The molecule has 1 atom stereocenters. The summed E-state index contributed by atoms with van der Waals surface area (Å²) in [4.78, 5) is 24.8. The van der Waals surface area contributed by atoms with Crippen LogP contribution in [0.3, 0.4) is 0 Å². The van der Waals surface area contributed by atoms with Crippen molar-refractivity contribution in [2.24, 2.45) is 0 Å². The van der Waals surface area contributed by atoms with E-state index in [4.69, 9.17) is 14.2 Å². The third-order valence-corrected chi connectivity index (χ3v) is 4.95. The van der Waals surface area contributed by atoms with Gasteiger partial charge in [-0.15, -0.1) is 0 Å². The fourth-order valence-corrected chi connectivity index (χ4v) is 3.66. The molecule has 0 unspecified atom stereocenters. The molecule has 3 aromatic rings. The van der Waals surface area contributed by atoms with E-state index < -0.39 is 12.1 Å². The number of carbonyl (C=O) groups excluding carboxylic acids is 1. The molecule has 0 aliphatic carbocycles. The van der Waals surface area contributed by atoms with Gasteiger partial charge in [0.1, 0.15) is 17.4 Å². The molecule has 0 amide bonds. The third-order valence-electron chi connectivity index (χ3n) is 4.95. The standard InChI is InChI=1S/C22H18O6/c1-26-17-10-9-15(19(22(24)25)21(17)27-2)18-11-16(23)14-8-7-12-5-3-4-6-13(12)20(14)28-18/h3-10,18H,11H2,1-2H3,(H,24,25)/t18-/m0/s1. The summed E-state index contributed by atoms with van der Waals surface area (Å²) in [5, 5.41) is 11.5. The van der Waals surface area contributed by atoms with Crippen molar-refractivity contribution >= 4 is 22.5 Å². The van der Waals surface area contributed by atoms with Gasteiger partial charge in [0.05, 0.1) is 26.2 Å². The zero-order valence-corrected chi connectivity index (χ0v) is 15.4. The summed E-state index contributed by atoms with van der Waals surface area (Å²) in [5.74, 6) is -0.386. The quantitative estimate of drug-likeness (QED) is 0.730. The first-order valence-corrected chi connectivity index (χ1v) is 8.75. The van der Waals surface area contributed by atoms with Gasteiger partial charge >= 0.3 is 5.97 Å². The molecule has 0 saturated carbocycles. The van der Waals surface area contributed by atoms with Crippen LogP contribution in [-0.4, -0.2) is 31.1 Å². The highest BCUT2D eigenvalue weighted by Crippen LogP contribution is 2.43. The second-order valence-electron chi connectivity index (χ2n) is 6.47. The normalized spacial score (nSPS) is 15.6. The molecule has 4 rings (SSSR count). The minimum absolute atomic E-state index is 0.0428. The van der Waals surface area contributed by atoms with Gasteiger partial charge in [-0.1, -0.05) is 36.4 Å². The Morgan fingerprint density at radius 2 is 1.86 bits per heavy atom. The van der Waals surface area contributed by atoms with Crippen LogP contribution in [0.5, 0.6) is 17.2 Å². The van der Waals surface area contributed by atoms with Crippen LogP contribution in [0.1, 0.15) is 38.8 Å². The predicted molar refractivity (Wildman–Crippen MR) is 103 cm³/mol. The van der Waals surface area contributed by atoms with Crippen molar-refractivity contribution in [1.82, 2.24) is 0 Å². The number of hydrogen-bond donors (Lipinski definition) is 1. The van der Waals surface area contributed by atoms with Crippen LogP contribution < -0.4 is 14.2 Å². The zero-order valence-electron chi connectivity index (χ0n) is 15.4. The number of carbonyl (C=O) groups is 2. The minimum Gasteiger partial charge on any atom is -0.493 e. The van der Waals surface area contributed by atoms with Gasteiger partial charge in [0.15, 0.2) is 17.3 Å². The summed E-state index contributed by atoms with van der Waals surface area (Å²) >= 11 is 0. The lowest BCUT2D eigenvalue weighted by Gasteiger charge is -2.28. The average Bonchev–Trinajstić information content (AvgIpc) is 2.72. The smallest absolute Gasteiger partial charge is 0.340 e. The number of methoxy groups -OCH3 is 2. The fraction of sp³-hybridized carbons (Fsp3) is 0.182. The number of fused-ring (bicyclic) bond motifs is 3. The van der Waals surface area contributed by atoms with E-state index in [0.717, 1.165) is 10.8 Å². The molecular weight excluding hydrogens is 360 g/mol. The van der Waals surface area contributed by atoms with Crippen LogP contribution in [0.25, 0.3) is 10.8 Å². The molecule has 0 saturated heterocycles. The van der Waals surface area contributed by atoms with Crippen LogP contribution in [0.2, 0.25) is 0 Å². The molecule has 142 valence electrons. The van der Waals surface area contributed by atoms with Gasteiger partial charge in [-0.25, -0.2) is 4.79 Å². The molecular formula is C22H18O6. The van der Waals surface area contributed by atoms with Crippen molar-refractivity contribution in [1.29, 1.82) is 0 Å². The Kier molecular flexibility index (Phi) is 4.39. The lowest BCUT2D eigenvalue weighted by Crippen LogP contribution is -2.23. The van der Waals surface area contributed by atoms with Crippen molar-refractivity contribution in [3.63, 3.8) is 0 Å². The van der Waals surface area contributed by atoms with Crippen molar-refractivity contribution < 1.29 is 28.9 Å². The van der Waals surface area contributed by atoms with Gasteiger partial charge in [-0.05, 0) is 17.5 Å². The van der Waals surface area contributed by atoms with Crippen molar-refractivity contribution in [2.75, 3.05) is 14.2 Å². The summed E-state index contributed by atoms with van der Waals surface area (Å²) in [7, 11) is 2.82. The molecule has 1 N–H and O–H groups in total. The van der Waals surface area contributed by atoms with E-state index >= 15 is 0 Å². The number of hydrogen-bond acceptors (Lipinski definition) is 5. The Morgan fingerprint density at radius 3 is 2.57 bits per heavy atom. The molecule has 1 heterocycles. The highest BCUT2D eigenvalue weighted by Gasteiger charge is 2.33. The van der Waals surface area contributed by atoms with Crippen molar-refractivity contribution in [2.45, 2.75) is 12.5 Å². The summed E-state index contributed by atoms with van der Waals surface area (Å²) in [5.41, 5.74) is 0.813. The Bertz CT molecular complexity index is 1100. The lowest BCUT2D eigenvalue weighted by molar-refractivity contribution is 0.0678. The third kappa shape index (κ3) is 2.74. The number of ether oxygens (including phenoxy) is 3. The van der Waals surface area contributed by atoms with Crippen LogP contribution in [0.15, 0.2) is 48.5 Å². The molecule has 28 heavy (non-hydrogen) atoms. The van der Waals surface area contributed by atoms with Crippen LogP contribution >= 0.6 is 0 Å². The van der Waals surface area contributed by atoms with E-state index in [1.54, 1.807) is 18.2 Å². The van der Waals surface area contributed by atoms with E-state index in [1.165, 1.54) is 14.2 Å². The van der Waals surface area contributed by atoms with Crippen LogP contribution in [0.4, 0.5) is 0 Å². The first-order chi connectivity index (χ1) is 13.5. The number of benzene rings is 3. The maximum Gasteiger partial charge on any atom is 0.340 e. The van der Waals surface area contributed by atoms with Crippen molar-refractivity contribution in [3.8, 4) is 17.2 Å². The molecule has 0 radical (unpaired) electrons. The second kappa shape index (κ2) is 6.88. The first-order valence-electron chi connectivity index (χ1n) is 8.75. The van der Waals surface area contributed by atoms with E-state index in [0.29, 0.717) is 22.6 Å². The minimum atomic E-state index is -1.18. The topological polar surface area (TPSA) is 82.1 Å². The fourth-order valence-electron chi connectivity index (χ4n) is 3.66. The lowest BCUT2D eigenvalue weighted by atomic mass is 9.91. The summed E-state index contributed by atoms with van der Waals surface area (Å²) in [6.07, 6.45) is -0.696. The zero-order chi connectivity index (χ0) is 19.8. The van der Waals surface area contributed by atoms with Crippen LogP contribution in [-0.2, 0) is 0 Å². The molecule has 0 fully saturated rings. The Balaban J connectivity index is 1.88. The molecule has 0 bridgehead atoms. The number of carboxylic acid groups (broad SMARTS) is 1. The number of ketones is 1. The number of rotatable bonds is 4. The Labute approximate surface area is 161 Å². The SMILES string of the molecule is COc1ccc([C@@H]2CC(=O)c3ccc4ccccc4c3O2)c(C(=O)O)c1OC. The van der Waals surface area contributed by atoms with Crippen LogP contribution in [0, 0.1) is 0 Å². The van der Waals surface area contributed by atoms with Gasteiger partial charge in [0.25, 0.3) is 0 Å². The predicted octanol–water partition coefficient (Wildman–Crippen LogP) is 4.26. The molecule has 1 aliphatic heterocycles. The van der Waals surface area contributed by atoms with Gasteiger partial charge in [-0.3, -0.25) is 4.79 Å². The molecule has 1 aliphatic rings. The number of Topliss-reactive ketones (excluding diaryl/α,β-unsaturated/α-hetero) is 1. The summed E-state index contributed by atoms with van der Waals surface area (Å²) in [6.45, 7) is 0. The Morgan fingerprint density at radius 1 is 1.07 bits per heavy atom. The summed E-state index contributed by atoms with van der Waals surface area (Å²) in [6, 6.07) is 14.5. The van der Waals surface area contributed by atoms with E-state index in [2.05, 4.69) is 0 Å². The highest BCUT2D eigenvalue weighted by atomic mass is 16.5. The first kappa shape index (κ1) is 17.9. The van der Waals surface area contributed by atoms with Crippen molar-refractivity contribution in [3.05, 3.63) is 65.2 Å². The molecule has 6 nitrogen and oxygen atoms in total. The Hall–Kier alpha value is -3.54. The van der Waals surface area contributed by atoms with Gasteiger partial charge < -0.3 is 19.3 Å². The molecule has 6 heteroatoms. The number of carboxylic acids is 1. The maximum atomic E-state index is 12.8. The molecule has 0 spiro atoms. The van der Waals surface area contributed by atoms with E-state index in [1.807, 2.05) is 30.3 Å². The highest BCUT2D eigenvalue weighted by molar-refractivity contribution is 6.06. The maximum absolute atomic E-state index is 12.8. The van der Waals surface area contributed by atoms with E-state index in [-0.39, 0.29) is 23.5 Å². The number of aromatic carboxylic acids is 1. The molecule has 0 aromatic heterocycles. The average molecular weight is 378 g/mol. The van der Waals surface area contributed by atoms with Gasteiger partial charge in [-0.2, -0.15) is 0 Å².